The van der Waals surface area contributed by atoms with E-state index in [1.165, 1.54) is 0 Å². The van der Waals surface area contributed by atoms with Crippen LogP contribution in [0.4, 0.5) is 0 Å². The molecule has 0 radical (unpaired) electrons. The zero-order valence-corrected chi connectivity index (χ0v) is 12.3. The Bertz CT molecular complexity index is 465. The Morgan fingerprint density at radius 2 is 1.84 bits per heavy atom. The Kier molecular flexibility index (Phi) is 4.60. The number of hydrogen-bond acceptors (Lipinski definition) is 4. The van der Waals surface area contributed by atoms with Gasteiger partial charge in [0.05, 0.1) is 5.75 Å². The summed E-state index contributed by atoms with van der Waals surface area (Å²) in [5.41, 5.74) is -0.475. The molecule has 0 aromatic carbocycles. The van der Waals surface area contributed by atoms with Crippen molar-refractivity contribution in [1.29, 1.82) is 0 Å². The zero-order chi connectivity index (χ0) is 14.8. The highest BCUT2D eigenvalue weighted by Crippen LogP contribution is 2.49. The highest BCUT2D eigenvalue weighted by atomic mass is 32.2. The van der Waals surface area contributed by atoms with E-state index in [4.69, 9.17) is 5.11 Å². The van der Waals surface area contributed by atoms with Crippen molar-refractivity contribution in [2.45, 2.75) is 39.2 Å². The van der Waals surface area contributed by atoms with Crippen LogP contribution in [-0.4, -0.2) is 43.5 Å². The van der Waals surface area contributed by atoms with E-state index in [9.17, 15) is 18.0 Å². The Balaban J connectivity index is 2.58. The van der Waals surface area contributed by atoms with Crippen LogP contribution in [-0.2, 0) is 19.4 Å². The maximum absolute atomic E-state index is 11.8. The van der Waals surface area contributed by atoms with Gasteiger partial charge in [0.15, 0.2) is 0 Å². The van der Waals surface area contributed by atoms with Crippen molar-refractivity contribution in [2.24, 2.45) is 11.3 Å². The minimum atomic E-state index is -3.12. The first-order chi connectivity index (χ1) is 8.55. The van der Waals surface area contributed by atoms with E-state index >= 15 is 0 Å². The minimum Gasteiger partial charge on any atom is -0.480 e. The number of rotatable bonds is 7. The van der Waals surface area contributed by atoms with E-state index in [2.05, 4.69) is 5.32 Å². The van der Waals surface area contributed by atoms with Gasteiger partial charge in [-0.25, -0.2) is 13.2 Å². The average Bonchev–Trinajstić information content (AvgIpc) is 2.89. The first-order valence-electron chi connectivity index (χ1n) is 6.25. The number of carboxylic acids is 1. The van der Waals surface area contributed by atoms with Gasteiger partial charge in [0.2, 0.25) is 5.91 Å². The van der Waals surface area contributed by atoms with E-state index in [0.29, 0.717) is 12.8 Å². The van der Waals surface area contributed by atoms with E-state index in [0.717, 1.165) is 6.26 Å². The lowest BCUT2D eigenvalue weighted by molar-refractivity contribution is -0.143. The highest BCUT2D eigenvalue weighted by molar-refractivity contribution is 7.90. The second-order valence-electron chi connectivity index (χ2n) is 5.87. The number of carbonyl (C=O) groups is 2. The molecule has 1 amide bonds. The fraction of sp³-hybridized carbons (Fsp3) is 0.833. The molecule has 1 aliphatic rings. The molecule has 6 nitrogen and oxygen atoms in total. The van der Waals surface area contributed by atoms with Crippen LogP contribution >= 0.6 is 0 Å². The quantitative estimate of drug-likeness (QED) is 0.708. The number of aliphatic carboxylic acids is 1. The lowest BCUT2D eigenvalue weighted by Crippen LogP contribution is -2.45. The molecular formula is C12H21NO5S. The molecule has 1 fully saturated rings. The van der Waals surface area contributed by atoms with Crippen LogP contribution < -0.4 is 5.32 Å². The Labute approximate surface area is 113 Å². The number of hydrogen-bond donors (Lipinski definition) is 2. The molecule has 2 N–H and O–H groups in total. The molecule has 0 bridgehead atoms. The van der Waals surface area contributed by atoms with Crippen molar-refractivity contribution in [3.8, 4) is 0 Å². The number of nitrogens with one attached hydrogen (secondary N) is 1. The van der Waals surface area contributed by atoms with E-state index in [1.54, 1.807) is 13.8 Å². The minimum absolute atomic E-state index is 0.00711. The molecule has 0 spiro atoms. The maximum atomic E-state index is 11.8. The Hall–Kier alpha value is -1.11. The van der Waals surface area contributed by atoms with E-state index in [1.807, 2.05) is 0 Å². The molecule has 0 saturated heterocycles. The van der Waals surface area contributed by atoms with Crippen LogP contribution in [0.15, 0.2) is 0 Å². The van der Waals surface area contributed by atoms with Crippen molar-refractivity contribution in [3.05, 3.63) is 0 Å². The summed E-state index contributed by atoms with van der Waals surface area (Å²) in [6.07, 6.45) is 2.63. The third kappa shape index (κ3) is 5.18. The van der Waals surface area contributed by atoms with Gasteiger partial charge in [0.25, 0.3) is 0 Å². The van der Waals surface area contributed by atoms with E-state index < -0.39 is 27.3 Å². The first-order valence-corrected chi connectivity index (χ1v) is 8.31. The molecule has 0 aliphatic heterocycles. The van der Waals surface area contributed by atoms with Crippen LogP contribution in [0, 0.1) is 11.3 Å². The first kappa shape index (κ1) is 15.9. The summed E-state index contributed by atoms with van der Waals surface area (Å²) in [5.74, 6) is -1.68. The van der Waals surface area contributed by atoms with Crippen molar-refractivity contribution in [1.82, 2.24) is 5.32 Å². The van der Waals surface area contributed by atoms with Crippen molar-refractivity contribution in [3.63, 3.8) is 0 Å². The lowest BCUT2D eigenvalue weighted by atomic mass is 10.0. The third-order valence-corrected chi connectivity index (χ3v) is 4.45. The smallest absolute Gasteiger partial charge is 0.326 e. The van der Waals surface area contributed by atoms with Gasteiger partial charge in [-0.3, -0.25) is 4.79 Å². The van der Waals surface area contributed by atoms with Gasteiger partial charge in [-0.2, -0.15) is 0 Å². The van der Waals surface area contributed by atoms with Gasteiger partial charge in [-0.15, -0.1) is 0 Å². The largest absolute Gasteiger partial charge is 0.480 e. The monoisotopic (exact) mass is 291 g/mol. The van der Waals surface area contributed by atoms with Crippen LogP contribution in [0.2, 0.25) is 0 Å². The maximum Gasteiger partial charge on any atom is 0.326 e. The molecule has 1 saturated carbocycles. The second kappa shape index (κ2) is 5.48. The highest BCUT2D eigenvalue weighted by Gasteiger charge is 2.47. The fourth-order valence-electron chi connectivity index (χ4n) is 2.18. The zero-order valence-electron chi connectivity index (χ0n) is 11.5. The molecule has 7 heteroatoms. The van der Waals surface area contributed by atoms with E-state index in [-0.39, 0.29) is 24.0 Å². The normalized spacial score (nSPS) is 18.9. The summed E-state index contributed by atoms with van der Waals surface area (Å²) < 4.78 is 22.6. The third-order valence-electron chi connectivity index (χ3n) is 3.31. The fourth-order valence-corrected chi connectivity index (χ4v) is 3.69. The molecule has 110 valence electrons. The van der Waals surface area contributed by atoms with Gasteiger partial charge in [0, 0.05) is 12.7 Å². The summed E-state index contributed by atoms with van der Waals surface area (Å²) in [4.78, 5) is 22.8. The topological polar surface area (TPSA) is 101 Å². The molecular weight excluding hydrogens is 270 g/mol. The molecule has 0 heterocycles. The molecule has 0 aromatic rings. The Morgan fingerprint density at radius 1 is 1.32 bits per heavy atom. The number of sulfone groups is 1. The van der Waals surface area contributed by atoms with Crippen molar-refractivity contribution in [2.75, 3.05) is 12.0 Å². The molecule has 0 unspecified atom stereocenters. The average molecular weight is 291 g/mol. The summed E-state index contributed by atoms with van der Waals surface area (Å²) in [7, 11) is -3.12. The van der Waals surface area contributed by atoms with Crippen molar-refractivity contribution >= 4 is 21.7 Å². The molecule has 0 aromatic heterocycles. The summed E-state index contributed by atoms with van der Waals surface area (Å²) in [5, 5.41) is 11.4. The SMILES string of the molecule is CC(C)[C@@H](NC(=O)CC1(CS(C)(=O)=O)CC1)C(=O)O. The molecule has 1 atom stereocenters. The summed E-state index contributed by atoms with van der Waals surface area (Å²) >= 11 is 0. The molecule has 1 rings (SSSR count). The van der Waals surface area contributed by atoms with Crippen LogP contribution in [0.25, 0.3) is 0 Å². The van der Waals surface area contributed by atoms with Crippen LogP contribution in [0.3, 0.4) is 0 Å². The predicted molar refractivity (Wildman–Crippen MR) is 70.4 cm³/mol. The standard InChI is InChI=1S/C12H21NO5S/c1-8(2)10(11(15)16)13-9(14)6-12(4-5-12)7-19(3,17)18/h8,10H,4-7H2,1-3H3,(H,13,14)(H,15,16)/t10-/m1/s1. The predicted octanol–water partition coefficient (Wildman–Crippen LogP) is 0.427. The Morgan fingerprint density at radius 3 is 2.16 bits per heavy atom. The van der Waals surface area contributed by atoms with Gasteiger partial charge < -0.3 is 10.4 Å². The number of amides is 1. The number of carbonyl (C=O) groups excluding carboxylic acids is 1. The van der Waals surface area contributed by atoms with Crippen LogP contribution in [0.5, 0.6) is 0 Å². The summed E-state index contributed by atoms with van der Waals surface area (Å²) in [6.45, 7) is 3.42. The second-order valence-corrected chi connectivity index (χ2v) is 8.01. The molecule has 1 aliphatic carbocycles. The van der Waals surface area contributed by atoms with Gasteiger partial charge in [0.1, 0.15) is 15.9 Å². The number of carboxylic acid groups (broad SMARTS) is 1. The van der Waals surface area contributed by atoms with Gasteiger partial charge in [-0.1, -0.05) is 13.8 Å². The van der Waals surface area contributed by atoms with Gasteiger partial charge >= 0.3 is 5.97 Å². The van der Waals surface area contributed by atoms with Crippen LogP contribution in [0.1, 0.15) is 33.1 Å². The van der Waals surface area contributed by atoms with Gasteiger partial charge in [-0.05, 0) is 24.2 Å². The van der Waals surface area contributed by atoms with Crippen molar-refractivity contribution < 1.29 is 23.1 Å². The lowest BCUT2D eigenvalue weighted by Gasteiger charge is -2.20. The summed E-state index contributed by atoms with van der Waals surface area (Å²) in [6, 6.07) is -0.929. The molecule has 19 heavy (non-hydrogen) atoms.